The zero-order chi connectivity index (χ0) is 28.6. The first-order valence-electron chi connectivity index (χ1n) is 14.7. The third kappa shape index (κ3) is 4.58. The molecule has 0 saturated carbocycles. The number of benzene rings is 4. The molecule has 2 amide bonds. The highest BCUT2D eigenvalue weighted by Gasteiger charge is 2.41. The van der Waals surface area contributed by atoms with Crippen molar-refractivity contribution < 1.29 is 9.59 Å². The van der Waals surface area contributed by atoms with Gasteiger partial charge in [0, 0.05) is 53.9 Å². The van der Waals surface area contributed by atoms with E-state index in [0.29, 0.717) is 18.7 Å². The molecule has 6 heteroatoms. The molecular weight excluding hydrogens is 520 g/mol. The Morgan fingerprint density at radius 1 is 0.786 bits per heavy atom. The van der Waals surface area contributed by atoms with Crippen molar-refractivity contribution in [2.24, 2.45) is 0 Å². The van der Waals surface area contributed by atoms with Crippen LogP contribution in [0.3, 0.4) is 0 Å². The van der Waals surface area contributed by atoms with E-state index < -0.39 is 0 Å². The van der Waals surface area contributed by atoms with Gasteiger partial charge in [-0.15, -0.1) is 0 Å². The summed E-state index contributed by atoms with van der Waals surface area (Å²) in [5, 5.41) is 1.09. The fraction of sp³-hybridized carbons (Fsp3) is 0.222. The molecule has 5 aromatic rings. The van der Waals surface area contributed by atoms with Gasteiger partial charge in [-0.1, -0.05) is 97.1 Å². The Hall–Kier alpha value is -4.68. The van der Waals surface area contributed by atoms with Crippen molar-refractivity contribution in [1.82, 2.24) is 19.7 Å². The molecule has 1 fully saturated rings. The maximum atomic E-state index is 13.8. The number of H-pyrrole nitrogens is 1. The number of carbonyl (C=O) groups excluding carboxylic acids is 2. The van der Waals surface area contributed by atoms with Gasteiger partial charge in [-0.3, -0.25) is 14.5 Å². The van der Waals surface area contributed by atoms with Gasteiger partial charge in [-0.05, 0) is 35.7 Å². The van der Waals surface area contributed by atoms with Gasteiger partial charge in [0.15, 0.2) is 0 Å². The first kappa shape index (κ1) is 26.2. The number of aryl methyl sites for hydroxylation is 1. The summed E-state index contributed by atoms with van der Waals surface area (Å²) in [6.45, 7) is 4.88. The second-order valence-corrected chi connectivity index (χ2v) is 11.3. The van der Waals surface area contributed by atoms with Crippen LogP contribution in [0.2, 0.25) is 0 Å². The monoisotopic (exact) mass is 554 g/mol. The third-order valence-corrected chi connectivity index (χ3v) is 8.84. The lowest BCUT2D eigenvalue weighted by Gasteiger charge is -2.40. The molecule has 0 spiro atoms. The molecule has 0 bridgehead atoms. The van der Waals surface area contributed by atoms with Crippen molar-refractivity contribution in [2.75, 3.05) is 32.7 Å². The van der Waals surface area contributed by atoms with Crippen molar-refractivity contribution in [3.63, 3.8) is 0 Å². The van der Waals surface area contributed by atoms with Gasteiger partial charge in [-0.25, -0.2) is 0 Å². The number of fused-ring (bicyclic) bond motifs is 2. The zero-order valence-electron chi connectivity index (χ0n) is 23.7. The van der Waals surface area contributed by atoms with Gasteiger partial charge in [0.1, 0.15) is 6.54 Å². The largest absolute Gasteiger partial charge is 0.358 e. The lowest BCUT2D eigenvalue weighted by Crippen LogP contribution is -2.52. The molecule has 4 aromatic carbocycles. The number of aromatic amines is 1. The van der Waals surface area contributed by atoms with E-state index >= 15 is 0 Å². The number of hydrogen-bond acceptors (Lipinski definition) is 3. The molecule has 1 unspecified atom stereocenters. The lowest BCUT2D eigenvalue weighted by atomic mass is 9.95. The summed E-state index contributed by atoms with van der Waals surface area (Å²) < 4.78 is 0. The van der Waals surface area contributed by atoms with Gasteiger partial charge in [0.25, 0.3) is 5.91 Å². The Labute approximate surface area is 246 Å². The number of para-hydroxylation sites is 1. The Kier molecular flexibility index (Phi) is 6.84. The first-order valence-corrected chi connectivity index (χ1v) is 14.7. The molecule has 7 rings (SSSR count). The van der Waals surface area contributed by atoms with Crippen LogP contribution in [-0.2, 0) is 4.79 Å². The van der Waals surface area contributed by atoms with Crippen LogP contribution in [0, 0.1) is 6.92 Å². The second kappa shape index (κ2) is 11.0. The van der Waals surface area contributed by atoms with Crippen LogP contribution >= 0.6 is 0 Å². The summed E-state index contributed by atoms with van der Waals surface area (Å²) >= 11 is 0. The highest BCUT2D eigenvalue weighted by Crippen LogP contribution is 2.42. The quantitative estimate of drug-likeness (QED) is 0.282. The second-order valence-electron chi connectivity index (χ2n) is 11.3. The van der Waals surface area contributed by atoms with Crippen LogP contribution in [0.1, 0.15) is 50.4 Å². The summed E-state index contributed by atoms with van der Waals surface area (Å²) in [7, 11) is 0. The lowest BCUT2D eigenvalue weighted by molar-refractivity contribution is -0.134. The van der Waals surface area contributed by atoms with E-state index in [4.69, 9.17) is 0 Å². The summed E-state index contributed by atoms with van der Waals surface area (Å²) in [4.78, 5) is 37.3. The number of piperazine rings is 1. The highest BCUT2D eigenvalue weighted by molar-refractivity contribution is 6.02. The normalized spacial score (nSPS) is 17.3. The van der Waals surface area contributed by atoms with Crippen molar-refractivity contribution in [1.29, 1.82) is 0 Å². The van der Waals surface area contributed by atoms with Crippen LogP contribution < -0.4 is 0 Å². The Morgan fingerprint density at radius 3 is 2.07 bits per heavy atom. The Bertz CT molecular complexity index is 1700. The van der Waals surface area contributed by atoms with Gasteiger partial charge in [0.2, 0.25) is 5.91 Å². The SMILES string of the molecule is Cc1[nH]c2ccccc2c1C1c2ccccc2C(=O)N1CC(=O)N1CCN(C(c2ccccc2)c2ccccc2)CC1. The average Bonchev–Trinajstić information content (AvgIpc) is 3.50. The zero-order valence-corrected chi connectivity index (χ0v) is 23.7. The van der Waals surface area contributed by atoms with Crippen molar-refractivity contribution >= 4 is 22.7 Å². The van der Waals surface area contributed by atoms with E-state index in [1.54, 1.807) is 4.90 Å². The predicted octanol–water partition coefficient (Wildman–Crippen LogP) is 5.96. The molecule has 6 nitrogen and oxygen atoms in total. The molecule has 210 valence electrons. The number of amides is 2. The third-order valence-electron chi connectivity index (χ3n) is 8.84. The molecule has 3 heterocycles. The van der Waals surface area contributed by atoms with E-state index in [0.717, 1.165) is 40.8 Å². The number of nitrogens with zero attached hydrogens (tertiary/aromatic N) is 3. The minimum atomic E-state index is -0.310. The molecule has 1 saturated heterocycles. The van der Waals surface area contributed by atoms with E-state index in [1.807, 2.05) is 53.4 Å². The highest BCUT2D eigenvalue weighted by atomic mass is 16.2. The first-order chi connectivity index (χ1) is 20.6. The average molecular weight is 555 g/mol. The van der Waals surface area contributed by atoms with Gasteiger partial charge in [-0.2, -0.15) is 0 Å². The van der Waals surface area contributed by atoms with Gasteiger partial charge >= 0.3 is 0 Å². The number of aromatic nitrogens is 1. The van der Waals surface area contributed by atoms with E-state index in [1.165, 1.54) is 11.1 Å². The van der Waals surface area contributed by atoms with Crippen LogP contribution in [0.4, 0.5) is 0 Å². The van der Waals surface area contributed by atoms with Gasteiger partial charge in [0.05, 0.1) is 12.1 Å². The maximum absolute atomic E-state index is 13.8. The van der Waals surface area contributed by atoms with Crippen molar-refractivity contribution in [3.8, 4) is 0 Å². The van der Waals surface area contributed by atoms with Crippen molar-refractivity contribution in [2.45, 2.75) is 19.0 Å². The van der Waals surface area contributed by atoms with E-state index in [-0.39, 0.29) is 30.4 Å². The molecule has 1 atom stereocenters. The van der Waals surface area contributed by atoms with Crippen LogP contribution in [0.25, 0.3) is 10.9 Å². The molecule has 42 heavy (non-hydrogen) atoms. The summed E-state index contributed by atoms with van der Waals surface area (Å²) in [5.41, 5.74) is 7.26. The summed E-state index contributed by atoms with van der Waals surface area (Å²) in [6, 6.07) is 36.9. The topological polar surface area (TPSA) is 59.7 Å². The molecular formula is C36H34N4O2. The number of rotatable bonds is 6. The number of hydrogen-bond donors (Lipinski definition) is 1. The number of carbonyl (C=O) groups is 2. The standard InChI is InChI=1S/C36H34N4O2/c1-25-33(30-18-10-11-19-31(30)37-25)35-28-16-8-9-17-29(28)36(42)40(35)24-32(41)38-20-22-39(23-21-38)34(26-12-4-2-5-13-26)27-14-6-3-7-15-27/h2-19,34-35,37H,20-24H2,1H3. The van der Waals surface area contributed by atoms with E-state index in [9.17, 15) is 9.59 Å². The molecule has 2 aliphatic rings. The van der Waals surface area contributed by atoms with Crippen molar-refractivity contribution in [3.05, 3.63) is 143 Å². The maximum Gasteiger partial charge on any atom is 0.255 e. The Morgan fingerprint density at radius 2 is 1.38 bits per heavy atom. The minimum Gasteiger partial charge on any atom is -0.358 e. The predicted molar refractivity (Wildman–Crippen MR) is 165 cm³/mol. The van der Waals surface area contributed by atoms with Gasteiger partial charge < -0.3 is 14.8 Å². The molecule has 0 radical (unpaired) electrons. The summed E-state index contributed by atoms with van der Waals surface area (Å²) in [6.07, 6.45) is 0. The molecule has 1 aromatic heterocycles. The van der Waals surface area contributed by atoms with Crippen LogP contribution in [-0.4, -0.2) is 64.2 Å². The molecule has 1 N–H and O–H groups in total. The number of nitrogens with one attached hydrogen (secondary N) is 1. The minimum absolute atomic E-state index is 0.00530. The molecule has 0 aliphatic carbocycles. The summed E-state index contributed by atoms with van der Waals surface area (Å²) in [5.74, 6) is -0.0882. The van der Waals surface area contributed by atoms with Crippen LogP contribution in [0.5, 0.6) is 0 Å². The molecule has 2 aliphatic heterocycles. The fourth-order valence-corrected chi connectivity index (χ4v) is 6.86. The smallest absolute Gasteiger partial charge is 0.255 e. The Balaban J connectivity index is 1.13. The van der Waals surface area contributed by atoms with E-state index in [2.05, 4.69) is 77.5 Å². The fourth-order valence-electron chi connectivity index (χ4n) is 6.86. The van der Waals surface area contributed by atoms with Crippen LogP contribution in [0.15, 0.2) is 109 Å².